The van der Waals surface area contributed by atoms with Crippen LogP contribution in [-0.2, 0) is 14.3 Å². The van der Waals surface area contributed by atoms with Crippen molar-refractivity contribution in [3.8, 4) is 0 Å². The molecule has 6 heteroatoms. The average molecular weight is 844 g/mol. The summed E-state index contributed by atoms with van der Waals surface area (Å²) >= 11 is 0. The highest BCUT2D eigenvalue weighted by Crippen LogP contribution is 2.18. The number of hydrogen-bond donors (Lipinski definition) is 3. The zero-order valence-corrected chi connectivity index (χ0v) is 40.1. The summed E-state index contributed by atoms with van der Waals surface area (Å²) in [5.41, 5.74) is 0. The lowest BCUT2D eigenvalue weighted by Crippen LogP contribution is -2.46. The molecule has 0 aliphatic rings. The van der Waals surface area contributed by atoms with E-state index < -0.39 is 18.2 Å². The lowest BCUT2D eigenvalue weighted by atomic mass is 10.0. The predicted molar refractivity (Wildman–Crippen MR) is 259 cm³/mol. The van der Waals surface area contributed by atoms with Gasteiger partial charge in [0.1, 0.15) is 6.10 Å². The van der Waals surface area contributed by atoms with Crippen LogP contribution in [-0.4, -0.2) is 46.9 Å². The number of carbonyl (C=O) groups excluding carboxylic acids is 2. The second kappa shape index (κ2) is 48.1. The van der Waals surface area contributed by atoms with Crippen molar-refractivity contribution in [1.82, 2.24) is 5.32 Å². The molecule has 6 nitrogen and oxygen atoms in total. The number of rotatable bonds is 47. The van der Waals surface area contributed by atoms with Gasteiger partial charge in [0, 0.05) is 6.42 Å². The van der Waals surface area contributed by atoms with E-state index in [2.05, 4.69) is 62.5 Å². The van der Waals surface area contributed by atoms with Crippen molar-refractivity contribution in [3.63, 3.8) is 0 Å². The number of ether oxygens (including phenoxy) is 1. The van der Waals surface area contributed by atoms with Crippen LogP contribution in [0.4, 0.5) is 0 Å². The van der Waals surface area contributed by atoms with Gasteiger partial charge in [-0.1, -0.05) is 231 Å². The van der Waals surface area contributed by atoms with Crippen molar-refractivity contribution in [2.75, 3.05) is 6.61 Å². The molecule has 0 bridgehead atoms. The summed E-state index contributed by atoms with van der Waals surface area (Å²) in [5, 5.41) is 23.7. The van der Waals surface area contributed by atoms with Gasteiger partial charge in [-0.05, 0) is 64.2 Å². The highest BCUT2D eigenvalue weighted by atomic mass is 16.5. The van der Waals surface area contributed by atoms with Crippen LogP contribution in [0.5, 0.6) is 0 Å². The van der Waals surface area contributed by atoms with Gasteiger partial charge >= 0.3 is 5.97 Å². The third-order valence-corrected chi connectivity index (χ3v) is 12.0. The maximum Gasteiger partial charge on any atom is 0.306 e. The molecule has 3 unspecified atom stereocenters. The Bertz CT molecular complexity index is 993. The first-order valence-electron chi connectivity index (χ1n) is 26.2. The molecule has 0 spiro atoms. The molecule has 0 aromatic rings. The van der Waals surface area contributed by atoms with Crippen molar-refractivity contribution >= 4 is 11.9 Å². The van der Waals surface area contributed by atoms with Crippen molar-refractivity contribution in [3.05, 3.63) is 36.5 Å². The molecule has 352 valence electrons. The number of nitrogens with one attached hydrogen (secondary N) is 1. The Morgan fingerprint density at radius 2 is 0.850 bits per heavy atom. The molecule has 0 radical (unpaired) electrons. The van der Waals surface area contributed by atoms with Crippen LogP contribution in [0.3, 0.4) is 0 Å². The highest BCUT2D eigenvalue weighted by molar-refractivity contribution is 5.77. The van der Waals surface area contributed by atoms with Crippen LogP contribution < -0.4 is 5.32 Å². The molecular formula is C54H101NO5. The van der Waals surface area contributed by atoms with E-state index in [1.165, 1.54) is 154 Å². The van der Waals surface area contributed by atoms with Gasteiger partial charge in [-0.2, -0.15) is 0 Å². The standard InChI is InChI=1S/C54H101NO5/c1-4-7-10-13-16-19-22-25-27-28-30-33-36-39-42-45-50(60-54(59)47-44-41-38-35-32-29-26-23-20-17-14-11-8-5-2)48-53(58)55-51(49-56)52(57)46-43-40-37-34-31-24-21-18-15-12-9-6-3/h16,19,25,27,30,33,50-52,56-57H,4-15,17-18,20-24,26,28-29,31-32,34-49H2,1-3H3,(H,55,58)/b19-16-,27-25-,33-30-. The van der Waals surface area contributed by atoms with E-state index in [4.69, 9.17) is 4.74 Å². The number of esters is 1. The fraction of sp³-hybridized carbons (Fsp3) is 0.852. The van der Waals surface area contributed by atoms with E-state index in [-0.39, 0.29) is 24.9 Å². The van der Waals surface area contributed by atoms with Crippen LogP contribution in [0, 0.1) is 0 Å². The predicted octanol–water partition coefficient (Wildman–Crippen LogP) is 15.7. The molecule has 0 fully saturated rings. The maximum atomic E-state index is 13.2. The van der Waals surface area contributed by atoms with E-state index in [1.54, 1.807) is 0 Å². The fourth-order valence-corrected chi connectivity index (χ4v) is 7.97. The molecule has 60 heavy (non-hydrogen) atoms. The summed E-state index contributed by atoms with van der Waals surface area (Å²) in [6.45, 7) is 6.45. The zero-order valence-electron chi connectivity index (χ0n) is 40.1. The monoisotopic (exact) mass is 844 g/mol. The molecule has 3 N–H and O–H groups in total. The minimum absolute atomic E-state index is 0.0555. The van der Waals surface area contributed by atoms with Crippen molar-refractivity contribution in [2.24, 2.45) is 0 Å². The molecule has 0 aliphatic carbocycles. The minimum atomic E-state index is -0.794. The fourth-order valence-electron chi connectivity index (χ4n) is 7.97. The van der Waals surface area contributed by atoms with Crippen LogP contribution >= 0.6 is 0 Å². The van der Waals surface area contributed by atoms with Gasteiger partial charge in [0.05, 0.1) is 25.2 Å². The summed E-state index contributed by atoms with van der Waals surface area (Å²) in [6, 6.07) is -0.710. The van der Waals surface area contributed by atoms with Crippen LogP contribution in [0.1, 0.15) is 271 Å². The van der Waals surface area contributed by atoms with Gasteiger partial charge in [0.2, 0.25) is 5.91 Å². The second-order valence-corrected chi connectivity index (χ2v) is 17.9. The van der Waals surface area contributed by atoms with E-state index in [9.17, 15) is 19.8 Å². The van der Waals surface area contributed by atoms with Crippen molar-refractivity contribution in [1.29, 1.82) is 0 Å². The number of aliphatic hydroxyl groups excluding tert-OH is 2. The highest BCUT2D eigenvalue weighted by Gasteiger charge is 2.24. The van der Waals surface area contributed by atoms with E-state index in [0.29, 0.717) is 19.3 Å². The Balaban J connectivity index is 4.63. The van der Waals surface area contributed by atoms with E-state index in [1.807, 2.05) is 0 Å². The Kier molecular flexibility index (Phi) is 46.6. The first-order chi connectivity index (χ1) is 29.5. The van der Waals surface area contributed by atoms with Crippen molar-refractivity contribution < 1.29 is 24.5 Å². The van der Waals surface area contributed by atoms with Gasteiger partial charge in [-0.15, -0.1) is 0 Å². The summed E-state index contributed by atoms with van der Waals surface area (Å²) in [6.07, 6.45) is 56.3. The number of allylic oxidation sites excluding steroid dienone is 6. The molecule has 0 aromatic carbocycles. The lowest BCUT2D eigenvalue weighted by Gasteiger charge is -2.24. The van der Waals surface area contributed by atoms with E-state index >= 15 is 0 Å². The third-order valence-electron chi connectivity index (χ3n) is 12.0. The minimum Gasteiger partial charge on any atom is -0.462 e. The molecule has 0 saturated heterocycles. The van der Waals surface area contributed by atoms with Crippen LogP contribution in [0.2, 0.25) is 0 Å². The van der Waals surface area contributed by atoms with Gasteiger partial charge in [0.15, 0.2) is 0 Å². The molecule has 0 aliphatic heterocycles. The Morgan fingerprint density at radius 1 is 0.483 bits per heavy atom. The number of amides is 1. The topological polar surface area (TPSA) is 95.9 Å². The molecule has 0 saturated carbocycles. The van der Waals surface area contributed by atoms with Crippen LogP contribution in [0.15, 0.2) is 36.5 Å². The Morgan fingerprint density at radius 3 is 1.30 bits per heavy atom. The molecule has 0 heterocycles. The smallest absolute Gasteiger partial charge is 0.306 e. The summed E-state index contributed by atoms with van der Waals surface area (Å²) in [4.78, 5) is 26.1. The van der Waals surface area contributed by atoms with Gasteiger partial charge in [-0.3, -0.25) is 9.59 Å². The third kappa shape index (κ3) is 42.8. The quantitative estimate of drug-likeness (QED) is 0.0322. The number of hydrogen-bond acceptors (Lipinski definition) is 5. The summed E-state index contributed by atoms with van der Waals surface area (Å²) < 4.78 is 5.92. The van der Waals surface area contributed by atoms with Gasteiger partial charge in [-0.25, -0.2) is 0 Å². The summed E-state index contributed by atoms with van der Waals surface area (Å²) in [7, 11) is 0. The van der Waals surface area contributed by atoms with Gasteiger partial charge in [0.25, 0.3) is 0 Å². The molecule has 0 aromatic heterocycles. The second-order valence-electron chi connectivity index (χ2n) is 17.9. The molecule has 3 atom stereocenters. The largest absolute Gasteiger partial charge is 0.462 e. The Hall–Kier alpha value is -1.92. The normalized spacial score (nSPS) is 13.5. The SMILES string of the molecule is CCCCC/C=C\C/C=C\C/C=C\CCCCC(CC(=O)NC(CO)C(O)CCCCCCCCCCCCCC)OC(=O)CCCCCCCCCCCCCCCC. The number of aliphatic hydroxyl groups is 2. The number of carbonyl (C=O) groups is 2. The lowest BCUT2D eigenvalue weighted by molar-refractivity contribution is -0.151. The average Bonchev–Trinajstić information content (AvgIpc) is 3.24. The first-order valence-corrected chi connectivity index (χ1v) is 26.2. The number of unbranched alkanes of at least 4 members (excludes halogenated alkanes) is 29. The summed E-state index contributed by atoms with van der Waals surface area (Å²) in [5.74, 6) is -0.500. The van der Waals surface area contributed by atoms with Gasteiger partial charge < -0.3 is 20.3 Å². The molecule has 0 rings (SSSR count). The molecular weight excluding hydrogens is 743 g/mol. The van der Waals surface area contributed by atoms with E-state index in [0.717, 1.165) is 70.6 Å². The zero-order chi connectivity index (χ0) is 43.8. The van der Waals surface area contributed by atoms with Crippen LogP contribution in [0.25, 0.3) is 0 Å². The Labute approximate surface area is 373 Å². The maximum absolute atomic E-state index is 13.2. The first kappa shape index (κ1) is 58.1. The van der Waals surface area contributed by atoms with Crippen molar-refractivity contribution in [2.45, 2.75) is 289 Å². The molecule has 1 amide bonds.